The second-order valence-electron chi connectivity index (χ2n) is 4.40. The Morgan fingerprint density at radius 1 is 1.40 bits per heavy atom. The van der Waals surface area contributed by atoms with Gasteiger partial charge in [0.15, 0.2) is 0 Å². The van der Waals surface area contributed by atoms with Gasteiger partial charge in [-0.25, -0.2) is 0 Å². The summed E-state index contributed by atoms with van der Waals surface area (Å²) in [5.41, 5.74) is 8.47. The number of nitrogens with two attached hydrogens (primary N) is 1. The largest absolute Gasteiger partial charge is 0.384 e. The molecule has 1 aromatic heterocycles. The molecule has 0 aliphatic carbocycles. The molecule has 86 valence electrons. The molecular weight excluding hydrogens is 186 g/mol. The number of nitrogens with zero attached hydrogens (tertiary/aromatic N) is 2. The van der Waals surface area contributed by atoms with Gasteiger partial charge in [-0.2, -0.15) is 5.10 Å². The number of hydrogen-bond donors (Lipinski definition) is 1. The van der Waals surface area contributed by atoms with Crippen molar-refractivity contribution >= 4 is 5.82 Å². The van der Waals surface area contributed by atoms with Crippen molar-refractivity contribution < 1.29 is 0 Å². The van der Waals surface area contributed by atoms with Gasteiger partial charge < -0.3 is 5.73 Å². The fourth-order valence-electron chi connectivity index (χ4n) is 1.80. The van der Waals surface area contributed by atoms with Crippen LogP contribution in [0.3, 0.4) is 0 Å². The molecule has 3 nitrogen and oxygen atoms in total. The van der Waals surface area contributed by atoms with Crippen molar-refractivity contribution in [3.63, 3.8) is 0 Å². The molecule has 0 bridgehead atoms. The van der Waals surface area contributed by atoms with Gasteiger partial charge in [-0.05, 0) is 18.8 Å². The zero-order valence-corrected chi connectivity index (χ0v) is 10.4. The van der Waals surface area contributed by atoms with Gasteiger partial charge in [0.25, 0.3) is 0 Å². The van der Waals surface area contributed by atoms with Crippen molar-refractivity contribution in [2.75, 3.05) is 5.73 Å². The van der Waals surface area contributed by atoms with Crippen LogP contribution in [-0.4, -0.2) is 9.78 Å². The van der Waals surface area contributed by atoms with E-state index >= 15 is 0 Å². The molecule has 15 heavy (non-hydrogen) atoms. The number of aromatic nitrogens is 2. The number of anilines is 1. The molecule has 0 fully saturated rings. The lowest BCUT2D eigenvalue weighted by atomic mass is 9.99. The summed E-state index contributed by atoms with van der Waals surface area (Å²) in [7, 11) is 1.93. The number of aryl methyl sites for hydroxylation is 1. The van der Waals surface area contributed by atoms with Crippen LogP contribution in [0.5, 0.6) is 0 Å². The molecule has 1 heterocycles. The van der Waals surface area contributed by atoms with E-state index in [1.54, 1.807) is 0 Å². The number of hydrogen-bond acceptors (Lipinski definition) is 2. The Kier molecular flexibility index (Phi) is 4.18. The first kappa shape index (κ1) is 12.1. The first-order valence-electron chi connectivity index (χ1n) is 5.90. The highest BCUT2D eigenvalue weighted by Crippen LogP contribution is 2.21. The Labute approximate surface area is 92.7 Å². The van der Waals surface area contributed by atoms with Gasteiger partial charge in [0.1, 0.15) is 5.82 Å². The van der Waals surface area contributed by atoms with Crippen LogP contribution < -0.4 is 5.73 Å². The van der Waals surface area contributed by atoms with Crippen molar-refractivity contribution in [1.82, 2.24) is 9.78 Å². The maximum absolute atomic E-state index is 6.01. The topological polar surface area (TPSA) is 43.8 Å². The third-order valence-electron chi connectivity index (χ3n) is 3.02. The zero-order chi connectivity index (χ0) is 11.4. The molecule has 0 radical (unpaired) electrons. The molecule has 2 N–H and O–H groups in total. The second-order valence-corrected chi connectivity index (χ2v) is 4.40. The Morgan fingerprint density at radius 3 is 2.60 bits per heavy atom. The van der Waals surface area contributed by atoms with Crippen LogP contribution in [0.2, 0.25) is 0 Å². The summed E-state index contributed by atoms with van der Waals surface area (Å²) in [5.74, 6) is 1.53. The molecule has 1 rings (SSSR count). The summed E-state index contributed by atoms with van der Waals surface area (Å²) in [5, 5.41) is 4.51. The molecule has 0 saturated carbocycles. The van der Waals surface area contributed by atoms with Crippen molar-refractivity contribution in [2.24, 2.45) is 13.0 Å². The first-order valence-corrected chi connectivity index (χ1v) is 5.90. The molecule has 0 aliphatic rings. The predicted molar refractivity (Wildman–Crippen MR) is 64.8 cm³/mol. The van der Waals surface area contributed by atoms with Gasteiger partial charge in [-0.1, -0.05) is 33.6 Å². The molecule has 0 amide bonds. The molecule has 1 aromatic rings. The molecule has 0 aromatic carbocycles. The van der Waals surface area contributed by atoms with Crippen LogP contribution in [0.25, 0.3) is 0 Å². The van der Waals surface area contributed by atoms with Crippen molar-refractivity contribution in [1.29, 1.82) is 0 Å². The number of rotatable bonds is 5. The second kappa shape index (κ2) is 5.19. The molecule has 0 spiro atoms. The first-order chi connectivity index (χ1) is 7.10. The minimum absolute atomic E-state index is 0.690. The third kappa shape index (κ3) is 2.74. The van der Waals surface area contributed by atoms with Crippen LogP contribution in [0.15, 0.2) is 0 Å². The normalized spacial score (nSPS) is 13.1. The molecule has 1 unspecified atom stereocenters. The average Bonchev–Trinajstić information content (AvgIpc) is 2.46. The lowest BCUT2D eigenvalue weighted by Crippen LogP contribution is -2.02. The summed E-state index contributed by atoms with van der Waals surface area (Å²) >= 11 is 0. The fraction of sp³-hybridized carbons (Fsp3) is 0.750. The van der Waals surface area contributed by atoms with Crippen molar-refractivity contribution in [3.05, 3.63) is 11.3 Å². The minimum atomic E-state index is 0.690. The zero-order valence-electron chi connectivity index (χ0n) is 10.4. The van der Waals surface area contributed by atoms with E-state index in [0.29, 0.717) is 5.92 Å². The highest BCUT2D eigenvalue weighted by molar-refractivity contribution is 5.43. The monoisotopic (exact) mass is 209 g/mol. The van der Waals surface area contributed by atoms with Gasteiger partial charge in [0.05, 0.1) is 5.69 Å². The molecular formula is C12H23N3. The molecule has 1 atom stereocenters. The Bertz CT molecular complexity index is 315. The third-order valence-corrected chi connectivity index (χ3v) is 3.02. The van der Waals surface area contributed by atoms with Crippen molar-refractivity contribution in [2.45, 2.75) is 46.5 Å². The van der Waals surface area contributed by atoms with Gasteiger partial charge in [-0.15, -0.1) is 0 Å². The minimum Gasteiger partial charge on any atom is -0.384 e. The van der Waals surface area contributed by atoms with E-state index in [9.17, 15) is 0 Å². The van der Waals surface area contributed by atoms with E-state index in [1.807, 2.05) is 11.7 Å². The predicted octanol–water partition coefficient (Wildman–Crippen LogP) is 2.54. The van der Waals surface area contributed by atoms with Gasteiger partial charge in [-0.3, -0.25) is 4.68 Å². The van der Waals surface area contributed by atoms with E-state index in [0.717, 1.165) is 25.1 Å². The SMILES string of the molecule is CCCc1c(CC(C)CC)nn(C)c1N. The van der Waals surface area contributed by atoms with E-state index in [1.165, 1.54) is 17.7 Å². The lowest BCUT2D eigenvalue weighted by Gasteiger charge is -2.07. The Morgan fingerprint density at radius 2 is 2.07 bits per heavy atom. The van der Waals surface area contributed by atoms with Crippen LogP contribution in [-0.2, 0) is 19.9 Å². The van der Waals surface area contributed by atoms with Crippen molar-refractivity contribution in [3.8, 4) is 0 Å². The summed E-state index contributed by atoms with van der Waals surface area (Å²) < 4.78 is 1.81. The van der Waals surface area contributed by atoms with Gasteiger partial charge in [0.2, 0.25) is 0 Å². The number of nitrogen functional groups attached to an aromatic ring is 1. The highest BCUT2D eigenvalue weighted by Gasteiger charge is 2.14. The summed E-state index contributed by atoms with van der Waals surface area (Å²) in [6, 6.07) is 0. The summed E-state index contributed by atoms with van der Waals surface area (Å²) in [4.78, 5) is 0. The van der Waals surface area contributed by atoms with Crippen LogP contribution >= 0.6 is 0 Å². The Balaban J connectivity index is 2.90. The van der Waals surface area contributed by atoms with E-state index in [4.69, 9.17) is 5.73 Å². The highest BCUT2D eigenvalue weighted by atomic mass is 15.3. The molecule has 0 aliphatic heterocycles. The quantitative estimate of drug-likeness (QED) is 0.810. The van der Waals surface area contributed by atoms with Gasteiger partial charge >= 0.3 is 0 Å². The summed E-state index contributed by atoms with van der Waals surface area (Å²) in [6.45, 7) is 6.66. The van der Waals surface area contributed by atoms with Gasteiger partial charge in [0, 0.05) is 12.6 Å². The molecule has 3 heteroatoms. The van der Waals surface area contributed by atoms with E-state index in [2.05, 4.69) is 25.9 Å². The standard InChI is InChI=1S/C12H23N3/c1-5-7-10-11(8-9(3)6-2)14-15(4)12(10)13/h9H,5-8,13H2,1-4H3. The Hall–Kier alpha value is -0.990. The van der Waals surface area contributed by atoms with Crippen LogP contribution in [0, 0.1) is 5.92 Å². The smallest absolute Gasteiger partial charge is 0.124 e. The maximum Gasteiger partial charge on any atom is 0.124 e. The van der Waals surface area contributed by atoms with E-state index in [-0.39, 0.29) is 0 Å². The van der Waals surface area contributed by atoms with Crippen LogP contribution in [0.4, 0.5) is 5.82 Å². The molecule has 0 saturated heterocycles. The lowest BCUT2D eigenvalue weighted by molar-refractivity contribution is 0.544. The average molecular weight is 209 g/mol. The van der Waals surface area contributed by atoms with E-state index < -0.39 is 0 Å². The fourth-order valence-corrected chi connectivity index (χ4v) is 1.80. The maximum atomic E-state index is 6.01. The summed E-state index contributed by atoms with van der Waals surface area (Å²) in [6.07, 6.45) is 4.42. The van der Waals surface area contributed by atoms with Crippen LogP contribution in [0.1, 0.15) is 44.9 Å².